The summed E-state index contributed by atoms with van der Waals surface area (Å²) in [6.45, 7) is 2.39. The molecule has 1 unspecified atom stereocenters. The first-order valence-corrected chi connectivity index (χ1v) is 10.7. The highest BCUT2D eigenvalue weighted by Crippen LogP contribution is 2.41. The van der Waals surface area contributed by atoms with Gasteiger partial charge in [0.25, 0.3) is 0 Å². The molecule has 2 aromatic carbocycles. The minimum Gasteiger partial charge on any atom is -0.375 e. The van der Waals surface area contributed by atoms with Crippen molar-refractivity contribution < 1.29 is 30.5 Å². The Morgan fingerprint density at radius 3 is 2.76 bits per heavy atom. The Bertz CT molecular complexity index is 1170. The van der Waals surface area contributed by atoms with Crippen molar-refractivity contribution in [3.8, 4) is 5.75 Å². The molecule has 1 aromatic heterocycles. The number of aryl methyl sites for hydroxylation is 1. The average Bonchev–Trinajstić information content (AvgIpc) is 3.10. The lowest BCUT2D eigenvalue weighted by molar-refractivity contribution is -0.0499. The van der Waals surface area contributed by atoms with Crippen molar-refractivity contribution in [2.24, 2.45) is 0 Å². The van der Waals surface area contributed by atoms with Crippen LogP contribution in [0.4, 0.5) is 13.2 Å². The molecule has 0 amide bonds. The zero-order chi connectivity index (χ0) is 20.8. The van der Waals surface area contributed by atoms with Gasteiger partial charge in [-0.25, -0.2) is 4.68 Å². The summed E-state index contributed by atoms with van der Waals surface area (Å²) >= 11 is 0. The fourth-order valence-electron chi connectivity index (χ4n) is 3.67. The van der Waals surface area contributed by atoms with E-state index in [0.717, 1.165) is 12.8 Å². The van der Waals surface area contributed by atoms with E-state index >= 15 is 0 Å². The minimum atomic E-state index is -5.84. The molecule has 0 bridgehead atoms. The van der Waals surface area contributed by atoms with Crippen molar-refractivity contribution in [1.82, 2.24) is 9.78 Å². The van der Waals surface area contributed by atoms with E-state index in [2.05, 4.69) is 9.28 Å². The normalized spacial score (nSPS) is 18.4. The molecule has 1 aliphatic rings. The smallest absolute Gasteiger partial charge is 0.375 e. The first-order chi connectivity index (χ1) is 13.7. The third-order valence-electron chi connectivity index (χ3n) is 5.07. The molecular formula is C19H19F3N2O4S. The molecule has 0 spiro atoms. The van der Waals surface area contributed by atoms with Crippen LogP contribution >= 0.6 is 0 Å². The van der Waals surface area contributed by atoms with E-state index in [1.807, 2.05) is 6.92 Å². The number of nitrogens with zero attached hydrogens (tertiary/aromatic N) is 2. The molecule has 0 N–H and O–H groups in total. The van der Waals surface area contributed by atoms with Crippen LogP contribution in [0, 0.1) is 0 Å². The van der Waals surface area contributed by atoms with Crippen LogP contribution in [0.1, 0.15) is 38.0 Å². The van der Waals surface area contributed by atoms with Gasteiger partial charge in [0.05, 0.1) is 17.1 Å². The predicted molar refractivity (Wildman–Crippen MR) is 101 cm³/mol. The van der Waals surface area contributed by atoms with Gasteiger partial charge in [0.15, 0.2) is 12.0 Å². The number of rotatable bonds is 4. The number of benzene rings is 2. The zero-order valence-electron chi connectivity index (χ0n) is 15.6. The van der Waals surface area contributed by atoms with Crippen LogP contribution in [-0.2, 0) is 21.3 Å². The Morgan fingerprint density at radius 1 is 1.31 bits per heavy atom. The van der Waals surface area contributed by atoms with Gasteiger partial charge < -0.3 is 8.92 Å². The summed E-state index contributed by atoms with van der Waals surface area (Å²) in [4.78, 5) is 0. The molecule has 6 nitrogen and oxygen atoms in total. The predicted octanol–water partition coefficient (Wildman–Crippen LogP) is 4.68. The lowest BCUT2D eigenvalue weighted by Gasteiger charge is -2.23. The molecule has 10 heteroatoms. The van der Waals surface area contributed by atoms with E-state index in [1.165, 1.54) is 6.20 Å². The molecule has 0 radical (unpaired) electrons. The minimum absolute atomic E-state index is 0.195. The van der Waals surface area contributed by atoms with E-state index in [9.17, 15) is 21.6 Å². The molecule has 0 aliphatic carbocycles. The second-order valence-electron chi connectivity index (χ2n) is 6.90. The molecule has 4 rings (SSSR count). The Morgan fingerprint density at radius 2 is 2.10 bits per heavy atom. The molecule has 29 heavy (non-hydrogen) atoms. The van der Waals surface area contributed by atoms with Crippen molar-refractivity contribution in [2.75, 3.05) is 6.61 Å². The van der Waals surface area contributed by atoms with Crippen LogP contribution < -0.4 is 4.18 Å². The fraction of sp³-hybridized carbons (Fsp3) is 0.421. The largest absolute Gasteiger partial charge is 0.534 e. The van der Waals surface area contributed by atoms with Crippen LogP contribution in [0.3, 0.4) is 0 Å². The number of hydrogen-bond donors (Lipinski definition) is 0. The summed E-state index contributed by atoms with van der Waals surface area (Å²) in [7, 11) is -5.84. The van der Waals surface area contributed by atoms with Gasteiger partial charge in [0.2, 0.25) is 0 Å². The highest BCUT2D eigenvalue weighted by Gasteiger charge is 2.49. The second kappa shape index (κ2) is 7.17. The van der Waals surface area contributed by atoms with Gasteiger partial charge in [-0.05, 0) is 42.7 Å². The molecule has 156 valence electrons. The number of alkyl halides is 3. The molecule has 1 saturated heterocycles. The third-order valence-corrected chi connectivity index (χ3v) is 6.02. The summed E-state index contributed by atoms with van der Waals surface area (Å²) in [6, 6.07) is 6.99. The van der Waals surface area contributed by atoms with Crippen LogP contribution in [0.25, 0.3) is 21.7 Å². The van der Waals surface area contributed by atoms with Gasteiger partial charge in [0, 0.05) is 12.0 Å². The van der Waals surface area contributed by atoms with Crippen LogP contribution in [-0.4, -0.2) is 30.3 Å². The van der Waals surface area contributed by atoms with E-state index < -0.39 is 15.6 Å². The molecule has 0 saturated carbocycles. The van der Waals surface area contributed by atoms with E-state index in [1.54, 1.807) is 28.9 Å². The lowest BCUT2D eigenvalue weighted by atomic mass is 10.00. The second-order valence-corrected chi connectivity index (χ2v) is 8.44. The van der Waals surface area contributed by atoms with Crippen molar-refractivity contribution in [3.05, 3.63) is 36.0 Å². The standard InChI is InChI=1S/C19H19F3N2O4S/c1-2-12-6-5-7-13-10-15-14(11-23-24(15)16-8-3-4-9-27-16)18(17(12)13)28-29(25,26)19(20,21)22/h5-7,10-11,16H,2-4,8-9H2,1H3. The number of aromatic nitrogens is 2. The molecule has 1 atom stereocenters. The highest BCUT2D eigenvalue weighted by molar-refractivity contribution is 7.88. The van der Waals surface area contributed by atoms with E-state index in [-0.39, 0.29) is 17.4 Å². The van der Waals surface area contributed by atoms with Gasteiger partial charge >= 0.3 is 15.6 Å². The SMILES string of the molecule is CCc1cccc2cc3c(cnn3C3CCCCO3)c(OS(=O)(=O)C(F)(F)F)c12. The summed E-state index contributed by atoms with van der Waals surface area (Å²) in [5.74, 6) is -0.352. The summed E-state index contributed by atoms with van der Waals surface area (Å²) in [5, 5.41) is 5.38. The first kappa shape index (κ1) is 20.0. The van der Waals surface area contributed by atoms with Crippen molar-refractivity contribution in [1.29, 1.82) is 0 Å². The molecule has 1 aliphatic heterocycles. The van der Waals surface area contributed by atoms with Gasteiger partial charge in [-0.2, -0.15) is 26.7 Å². The molecular weight excluding hydrogens is 409 g/mol. The number of fused-ring (bicyclic) bond motifs is 2. The maximum atomic E-state index is 13.0. The third kappa shape index (κ3) is 3.44. The topological polar surface area (TPSA) is 70.4 Å². The molecule has 2 heterocycles. The monoisotopic (exact) mass is 428 g/mol. The number of hydrogen-bond acceptors (Lipinski definition) is 5. The summed E-state index contributed by atoms with van der Waals surface area (Å²) < 4.78 is 74.8. The van der Waals surface area contributed by atoms with Crippen LogP contribution in [0.2, 0.25) is 0 Å². The van der Waals surface area contributed by atoms with E-state index in [0.29, 0.717) is 41.3 Å². The highest BCUT2D eigenvalue weighted by atomic mass is 32.2. The fourth-order valence-corrected chi connectivity index (χ4v) is 4.16. The van der Waals surface area contributed by atoms with E-state index in [4.69, 9.17) is 4.74 Å². The van der Waals surface area contributed by atoms with Gasteiger partial charge in [0.1, 0.15) is 0 Å². The number of ether oxygens (including phenoxy) is 1. The number of halogens is 3. The van der Waals surface area contributed by atoms with Crippen molar-refractivity contribution >= 4 is 31.8 Å². The quantitative estimate of drug-likeness (QED) is 0.446. The van der Waals surface area contributed by atoms with Gasteiger partial charge in [-0.1, -0.05) is 25.1 Å². The maximum Gasteiger partial charge on any atom is 0.534 e. The summed E-state index contributed by atoms with van der Waals surface area (Å²) in [5.41, 5.74) is -4.39. The Hall–Kier alpha value is -2.33. The Balaban J connectivity index is 2.00. The average molecular weight is 428 g/mol. The molecule has 1 fully saturated rings. The van der Waals surface area contributed by atoms with Crippen LogP contribution in [0.5, 0.6) is 5.75 Å². The lowest BCUT2D eigenvalue weighted by Crippen LogP contribution is -2.28. The Kier molecular flexibility index (Phi) is 4.94. The zero-order valence-corrected chi connectivity index (χ0v) is 16.4. The summed E-state index contributed by atoms with van der Waals surface area (Å²) in [6.07, 6.45) is 4.04. The van der Waals surface area contributed by atoms with Gasteiger partial charge in [-0.3, -0.25) is 0 Å². The van der Waals surface area contributed by atoms with Gasteiger partial charge in [-0.15, -0.1) is 0 Å². The van der Waals surface area contributed by atoms with Crippen LogP contribution in [0.15, 0.2) is 30.5 Å². The van der Waals surface area contributed by atoms with Crippen molar-refractivity contribution in [3.63, 3.8) is 0 Å². The molecule has 3 aromatic rings. The first-order valence-electron chi connectivity index (χ1n) is 9.27. The maximum absolute atomic E-state index is 13.0. The van der Waals surface area contributed by atoms with Crippen molar-refractivity contribution in [2.45, 2.75) is 44.3 Å². The Labute approximate surface area is 165 Å².